The Balaban J connectivity index is 2.87. The van der Waals surface area contributed by atoms with Crippen LogP contribution in [0.4, 0.5) is 0 Å². The van der Waals surface area contributed by atoms with Gasteiger partial charge in [-0.2, -0.15) is 0 Å². The predicted molar refractivity (Wildman–Crippen MR) is 58.5 cm³/mol. The molecule has 3 heteroatoms. The van der Waals surface area contributed by atoms with Gasteiger partial charge in [0.15, 0.2) is 0 Å². The van der Waals surface area contributed by atoms with E-state index in [0.29, 0.717) is 22.5 Å². The van der Waals surface area contributed by atoms with Crippen LogP contribution in [0.1, 0.15) is 24.8 Å². The normalized spacial score (nSPS) is 12.9. The van der Waals surface area contributed by atoms with Crippen molar-refractivity contribution in [1.82, 2.24) is 0 Å². The van der Waals surface area contributed by atoms with E-state index in [0.717, 1.165) is 12.0 Å². The predicted octanol–water partition coefficient (Wildman–Crippen LogP) is 3.45. The molecule has 2 N–H and O–H groups in total. The Morgan fingerprint density at radius 3 is 2.23 bits per heavy atom. The van der Waals surface area contributed by atoms with Crippen LogP contribution in [0.3, 0.4) is 0 Å². The zero-order chi connectivity index (χ0) is 9.84. The topological polar surface area (TPSA) is 26.0 Å². The van der Waals surface area contributed by atoms with Gasteiger partial charge in [0, 0.05) is 10.0 Å². The lowest BCUT2D eigenvalue weighted by atomic mass is 9.98. The summed E-state index contributed by atoms with van der Waals surface area (Å²) in [6, 6.07) is 5.61. The molecular weight excluding hydrogens is 205 g/mol. The largest absolute Gasteiger partial charge is 0.330 e. The molecule has 1 unspecified atom stereocenters. The van der Waals surface area contributed by atoms with Gasteiger partial charge in [0.1, 0.15) is 0 Å². The highest BCUT2D eigenvalue weighted by Crippen LogP contribution is 2.25. The molecule has 0 saturated carbocycles. The molecule has 0 fully saturated rings. The number of hydrogen-bond acceptors (Lipinski definition) is 1. The second-order valence-electron chi connectivity index (χ2n) is 3.18. The van der Waals surface area contributed by atoms with Gasteiger partial charge in [0.05, 0.1) is 0 Å². The highest BCUT2D eigenvalue weighted by molar-refractivity contribution is 6.34. The molecule has 1 rings (SSSR count). The van der Waals surface area contributed by atoms with Gasteiger partial charge in [0.25, 0.3) is 0 Å². The molecule has 0 aliphatic heterocycles. The molecule has 0 heterocycles. The first-order valence-electron chi connectivity index (χ1n) is 4.29. The fourth-order valence-corrected chi connectivity index (χ4v) is 1.82. The smallest absolute Gasteiger partial charge is 0.0423 e. The number of rotatable bonds is 3. The van der Waals surface area contributed by atoms with Crippen molar-refractivity contribution >= 4 is 23.2 Å². The van der Waals surface area contributed by atoms with Crippen LogP contribution in [0.25, 0.3) is 0 Å². The van der Waals surface area contributed by atoms with Crippen LogP contribution >= 0.6 is 23.2 Å². The number of halogens is 2. The summed E-state index contributed by atoms with van der Waals surface area (Å²) < 4.78 is 0. The lowest BCUT2D eigenvalue weighted by Gasteiger charge is -2.10. The van der Waals surface area contributed by atoms with Gasteiger partial charge in [-0.1, -0.05) is 30.1 Å². The third-order valence-electron chi connectivity index (χ3n) is 2.05. The lowest BCUT2D eigenvalue weighted by molar-refractivity contribution is 0.690. The maximum Gasteiger partial charge on any atom is 0.0423 e. The molecule has 1 nitrogen and oxygen atoms in total. The molecule has 1 atom stereocenters. The third kappa shape index (κ3) is 3.18. The summed E-state index contributed by atoms with van der Waals surface area (Å²) in [7, 11) is 0. The van der Waals surface area contributed by atoms with Gasteiger partial charge in [-0.15, -0.1) is 0 Å². The highest BCUT2D eigenvalue weighted by atomic mass is 35.5. The third-order valence-corrected chi connectivity index (χ3v) is 2.49. The molecule has 0 amide bonds. The van der Waals surface area contributed by atoms with Crippen LogP contribution in [-0.2, 0) is 0 Å². The minimum absolute atomic E-state index is 0.418. The second kappa shape index (κ2) is 4.85. The van der Waals surface area contributed by atoms with Crippen LogP contribution in [0.15, 0.2) is 18.2 Å². The molecule has 0 radical (unpaired) electrons. The summed E-state index contributed by atoms with van der Waals surface area (Å²) in [6.45, 7) is 2.81. The first kappa shape index (κ1) is 10.8. The summed E-state index contributed by atoms with van der Waals surface area (Å²) in [5, 5.41) is 1.37. The summed E-state index contributed by atoms with van der Waals surface area (Å²) in [6.07, 6.45) is 0.955. The van der Waals surface area contributed by atoms with Crippen LogP contribution < -0.4 is 5.73 Å². The molecule has 1 aromatic carbocycles. The van der Waals surface area contributed by atoms with Crippen molar-refractivity contribution in [3.8, 4) is 0 Å². The molecule has 72 valence electrons. The number of hydrogen-bond donors (Lipinski definition) is 1. The van der Waals surface area contributed by atoms with Crippen molar-refractivity contribution in [2.24, 2.45) is 5.73 Å². The van der Waals surface area contributed by atoms with Crippen molar-refractivity contribution in [3.63, 3.8) is 0 Å². The lowest BCUT2D eigenvalue weighted by Crippen LogP contribution is -2.04. The van der Waals surface area contributed by atoms with Crippen molar-refractivity contribution in [3.05, 3.63) is 33.8 Å². The minimum Gasteiger partial charge on any atom is -0.330 e. The monoisotopic (exact) mass is 217 g/mol. The average Bonchev–Trinajstić information content (AvgIpc) is 2.03. The standard InChI is InChI=1S/C10H13Cl2N/c1-7(2-3-13)8-4-9(11)6-10(12)5-8/h4-7H,2-3,13H2,1H3. The van der Waals surface area contributed by atoms with Gasteiger partial charge >= 0.3 is 0 Å². The SMILES string of the molecule is CC(CCN)c1cc(Cl)cc(Cl)c1. The highest BCUT2D eigenvalue weighted by Gasteiger charge is 2.06. The summed E-state index contributed by atoms with van der Waals surface area (Å²) in [4.78, 5) is 0. The molecule has 1 aromatic rings. The Bertz CT molecular complexity index is 266. The van der Waals surface area contributed by atoms with Gasteiger partial charge in [0.2, 0.25) is 0 Å². The first-order chi connectivity index (χ1) is 6.13. The minimum atomic E-state index is 0.418. The van der Waals surface area contributed by atoms with E-state index in [1.54, 1.807) is 6.07 Å². The summed E-state index contributed by atoms with van der Waals surface area (Å²) >= 11 is 11.8. The average molecular weight is 218 g/mol. The Morgan fingerprint density at radius 2 is 1.77 bits per heavy atom. The zero-order valence-electron chi connectivity index (χ0n) is 7.56. The van der Waals surface area contributed by atoms with Crippen LogP contribution in [-0.4, -0.2) is 6.54 Å². The molecule has 0 saturated heterocycles. The van der Waals surface area contributed by atoms with Crippen molar-refractivity contribution < 1.29 is 0 Å². The Morgan fingerprint density at radius 1 is 1.23 bits per heavy atom. The molecule has 0 bridgehead atoms. The molecule has 0 aliphatic rings. The Hall–Kier alpha value is -0.240. The number of benzene rings is 1. The van der Waals surface area contributed by atoms with Crippen molar-refractivity contribution in [2.45, 2.75) is 19.3 Å². The molecular formula is C10H13Cl2N. The summed E-state index contributed by atoms with van der Waals surface area (Å²) in [5.74, 6) is 0.418. The van der Waals surface area contributed by atoms with Crippen LogP contribution in [0, 0.1) is 0 Å². The molecule has 0 aliphatic carbocycles. The van der Waals surface area contributed by atoms with Gasteiger partial charge in [-0.05, 0) is 42.6 Å². The Labute approximate surface area is 88.8 Å². The maximum absolute atomic E-state index is 5.88. The second-order valence-corrected chi connectivity index (χ2v) is 4.05. The fraction of sp³-hybridized carbons (Fsp3) is 0.400. The first-order valence-corrected chi connectivity index (χ1v) is 5.05. The van der Waals surface area contributed by atoms with E-state index in [2.05, 4.69) is 6.92 Å². The van der Waals surface area contributed by atoms with E-state index in [1.165, 1.54) is 0 Å². The molecule has 0 spiro atoms. The fourth-order valence-electron chi connectivity index (χ4n) is 1.28. The van der Waals surface area contributed by atoms with E-state index in [-0.39, 0.29) is 0 Å². The van der Waals surface area contributed by atoms with Gasteiger partial charge in [-0.3, -0.25) is 0 Å². The van der Waals surface area contributed by atoms with E-state index in [9.17, 15) is 0 Å². The zero-order valence-corrected chi connectivity index (χ0v) is 9.07. The van der Waals surface area contributed by atoms with Crippen molar-refractivity contribution in [2.75, 3.05) is 6.54 Å². The van der Waals surface area contributed by atoms with E-state index >= 15 is 0 Å². The van der Waals surface area contributed by atoms with Crippen molar-refractivity contribution in [1.29, 1.82) is 0 Å². The van der Waals surface area contributed by atoms with E-state index in [4.69, 9.17) is 28.9 Å². The molecule has 0 aromatic heterocycles. The quantitative estimate of drug-likeness (QED) is 0.826. The van der Waals surface area contributed by atoms with Gasteiger partial charge in [-0.25, -0.2) is 0 Å². The number of nitrogens with two attached hydrogens (primary N) is 1. The molecule has 13 heavy (non-hydrogen) atoms. The van der Waals surface area contributed by atoms with Crippen LogP contribution in [0.5, 0.6) is 0 Å². The summed E-state index contributed by atoms with van der Waals surface area (Å²) in [5.41, 5.74) is 6.63. The van der Waals surface area contributed by atoms with Gasteiger partial charge < -0.3 is 5.73 Å². The van der Waals surface area contributed by atoms with E-state index in [1.807, 2.05) is 12.1 Å². The maximum atomic E-state index is 5.88. The Kier molecular flexibility index (Phi) is 4.04. The van der Waals surface area contributed by atoms with Crippen LogP contribution in [0.2, 0.25) is 10.0 Å². The van der Waals surface area contributed by atoms with E-state index < -0.39 is 0 Å².